The van der Waals surface area contributed by atoms with Crippen LogP contribution < -0.4 is 15.0 Å². The van der Waals surface area contributed by atoms with Crippen molar-refractivity contribution in [1.29, 1.82) is 0 Å². The van der Waals surface area contributed by atoms with Crippen LogP contribution in [0.3, 0.4) is 0 Å². The van der Waals surface area contributed by atoms with Crippen LogP contribution in [-0.4, -0.2) is 27.5 Å². The first-order valence-corrected chi connectivity index (χ1v) is 11.6. The van der Waals surface area contributed by atoms with Gasteiger partial charge in [0.05, 0.1) is 29.3 Å². The summed E-state index contributed by atoms with van der Waals surface area (Å²) in [7, 11) is 1.49. The van der Waals surface area contributed by atoms with Gasteiger partial charge in [-0.15, -0.1) is 11.3 Å². The molecule has 0 saturated carbocycles. The van der Waals surface area contributed by atoms with Crippen molar-refractivity contribution in [3.63, 3.8) is 0 Å². The van der Waals surface area contributed by atoms with Crippen molar-refractivity contribution in [2.45, 2.75) is 13.0 Å². The fourth-order valence-corrected chi connectivity index (χ4v) is 4.93. The minimum absolute atomic E-state index is 0.0120. The quantitative estimate of drug-likeness (QED) is 0.351. The van der Waals surface area contributed by atoms with E-state index in [-0.39, 0.29) is 17.5 Å². The van der Waals surface area contributed by atoms with Gasteiger partial charge in [0.1, 0.15) is 5.82 Å². The number of phenolic OH excluding ortho intramolecular Hbond substituents is 1. The van der Waals surface area contributed by atoms with Gasteiger partial charge in [0, 0.05) is 5.70 Å². The van der Waals surface area contributed by atoms with Gasteiger partial charge in [0.15, 0.2) is 16.6 Å². The number of aromatic nitrogens is 2. The summed E-state index contributed by atoms with van der Waals surface area (Å²) in [6.45, 7) is 1.86. The molecule has 1 aliphatic heterocycles. The molecular formula is C24H19FN4O3S2. The van der Waals surface area contributed by atoms with Gasteiger partial charge in [-0.05, 0) is 66.5 Å². The number of rotatable bonds is 5. The third-order valence-corrected chi connectivity index (χ3v) is 6.65. The van der Waals surface area contributed by atoms with Crippen LogP contribution in [-0.2, 0) is 0 Å². The number of benzene rings is 2. The first kappa shape index (κ1) is 22.1. The lowest BCUT2D eigenvalue weighted by atomic mass is 9.94. The second-order valence-corrected chi connectivity index (χ2v) is 8.86. The number of aromatic hydroxyl groups is 1. The maximum absolute atomic E-state index is 14.0. The normalized spacial score (nSPS) is 16.0. The third-order valence-electron chi connectivity index (χ3n) is 5.49. The van der Waals surface area contributed by atoms with Crippen molar-refractivity contribution < 1.29 is 18.8 Å². The number of nitrogens with one attached hydrogen (secondary N) is 1. The highest BCUT2D eigenvalue weighted by atomic mass is 32.1. The van der Waals surface area contributed by atoms with Gasteiger partial charge in [-0.25, -0.2) is 4.39 Å². The van der Waals surface area contributed by atoms with Gasteiger partial charge in [-0.1, -0.05) is 23.4 Å². The number of nitrogens with zero attached hydrogens (tertiary/aromatic N) is 3. The Kier molecular flexibility index (Phi) is 5.76. The second kappa shape index (κ2) is 8.88. The molecule has 1 aliphatic rings. The fourth-order valence-electron chi connectivity index (χ4n) is 3.92. The molecule has 4 aromatic rings. The van der Waals surface area contributed by atoms with E-state index in [1.807, 2.05) is 30.5 Å². The molecule has 2 aromatic heterocycles. The first-order valence-electron chi connectivity index (χ1n) is 10.3. The number of methoxy groups -OCH3 is 1. The number of hydrogen-bond acceptors (Lipinski definition) is 7. The van der Waals surface area contributed by atoms with Gasteiger partial charge in [-0.3, -0.25) is 4.90 Å². The van der Waals surface area contributed by atoms with Crippen molar-refractivity contribution in [2.24, 2.45) is 0 Å². The first-order chi connectivity index (χ1) is 16.5. The van der Waals surface area contributed by atoms with Gasteiger partial charge in [0.2, 0.25) is 5.82 Å². The standard InChI is InChI=1S/C24H19FN4O3S2/c1-13-20(23-27-22(28-32-23)19-7-4-10-34-19)21(14-8-9-18(31-2)17(30)11-14)26-24(33)29(13)16-6-3-5-15(25)12-16/h3-12,21,30H,1-2H3,(H,26,33). The Bertz CT molecular complexity index is 1400. The molecular weight excluding hydrogens is 475 g/mol. The van der Waals surface area contributed by atoms with Crippen LogP contribution in [0.4, 0.5) is 10.1 Å². The van der Waals surface area contributed by atoms with E-state index in [0.717, 1.165) is 4.88 Å². The number of anilines is 1. The maximum atomic E-state index is 14.0. The van der Waals surface area contributed by atoms with E-state index in [9.17, 15) is 9.50 Å². The number of thiophene rings is 1. The third kappa shape index (κ3) is 3.91. The molecule has 5 rings (SSSR count). The van der Waals surface area contributed by atoms with E-state index in [1.54, 1.807) is 29.2 Å². The zero-order valence-electron chi connectivity index (χ0n) is 18.2. The number of halogens is 1. The van der Waals surface area contributed by atoms with Crippen LogP contribution in [0.2, 0.25) is 0 Å². The molecule has 0 amide bonds. The summed E-state index contributed by atoms with van der Waals surface area (Å²) in [6.07, 6.45) is 0. The van der Waals surface area contributed by atoms with Gasteiger partial charge >= 0.3 is 0 Å². The van der Waals surface area contributed by atoms with E-state index >= 15 is 0 Å². The maximum Gasteiger partial charge on any atom is 0.258 e. The molecule has 2 N–H and O–H groups in total. The van der Waals surface area contributed by atoms with Gasteiger partial charge in [-0.2, -0.15) is 4.98 Å². The molecule has 0 saturated heterocycles. The Morgan fingerprint density at radius 1 is 1.21 bits per heavy atom. The Labute approximate surface area is 204 Å². The lowest BCUT2D eigenvalue weighted by Crippen LogP contribution is -2.46. The van der Waals surface area contributed by atoms with Crippen LogP contribution in [0, 0.1) is 5.82 Å². The average molecular weight is 495 g/mol. The zero-order valence-corrected chi connectivity index (χ0v) is 19.8. The average Bonchev–Trinajstić information content (AvgIpc) is 3.51. The number of phenols is 1. The van der Waals surface area contributed by atoms with Crippen LogP contribution >= 0.6 is 23.6 Å². The lowest BCUT2D eigenvalue weighted by Gasteiger charge is -2.37. The van der Waals surface area contributed by atoms with Crippen molar-refractivity contribution in [3.05, 3.63) is 82.9 Å². The van der Waals surface area contributed by atoms with E-state index in [0.29, 0.717) is 39.2 Å². The highest BCUT2D eigenvalue weighted by Crippen LogP contribution is 2.41. The Morgan fingerprint density at radius 3 is 2.76 bits per heavy atom. The van der Waals surface area contributed by atoms with E-state index < -0.39 is 6.04 Å². The number of allylic oxidation sites excluding steroid dienone is 1. The van der Waals surface area contributed by atoms with Crippen molar-refractivity contribution in [2.75, 3.05) is 12.0 Å². The molecule has 0 radical (unpaired) electrons. The van der Waals surface area contributed by atoms with Crippen LogP contribution in [0.1, 0.15) is 24.4 Å². The molecule has 1 atom stereocenters. The van der Waals surface area contributed by atoms with E-state index in [4.69, 9.17) is 21.5 Å². The van der Waals surface area contributed by atoms with Crippen LogP contribution in [0.25, 0.3) is 16.3 Å². The van der Waals surface area contributed by atoms with Crippen molar-refractivity contribution in [3.8, 4) is 22.2 Å². The van der Waals surface area contributed by atoms with Gasteiger partial charge < -0.3 is 19.7 Å². The molecule has 2 aromatic carbocycles. The summed E-state index contributed by atoms with van der Waals surface area (Å²) in [5, 5.41) is 20.1. The predicted octanol–water partition coefficient (Wildman–Crippen LogP) is 5.52. The van der Waals surface area contributed by atoms with Crippen LogP contribution in [0.15, 0.2) is 70.2 Å². The molecule has 0 bridgehead atoms. The molecule has 0 aliphatic carbocycles. The molecule has 1 unspecified atom stereocenters. The predicted molar refractivity (Wildman–Crippen MR) is 132 cm³/mol. The SMILES string of the molecule is COc1ccc(C2NC(=S)N(c3cccc(F)c3)C(C)=C2c2nc(-c3cccs3)no2)cc1O. The monoisotopic (exact) mass is 494 g/mol. The Hall–Kier alpha value is -3.76. The number of hydrogen-bond donors (Lipinski definition) is 2. The highest BCUT2D eigenvalue weighted by molar-refractivity contribution is 7.80. The van der Waals surface area contributed by atoms with E-state index in [2.05, 4.69) is 15.5 Å². The summed E-state index contributed by atoms with van der Waals surface area (Å²) in [6, 6.07) is 14.6. The van der Waals surface area contributed by atoms with Crippen LogP contribution in [0.5, 0.6) is 11.5 Å². The smallest absolute Gasteiger partial charge is 0.258 e. The largest absolute Gasteiger partial charge is 0.504 e. The number of ether oxygens (including phenoxy) is 1. The molecule has 10 heteroatoms. The summed E-state index contributed by atoms with van der Waals surface area (Å²) in [5.74, 6) is 0.713. The summed E-state index contributed by atoms with van der Waals surface area (Å²) < 4.78 is 24.9. The topological polar surface area (TPSA) is 83.7 Å². The molecule has 7 nitrogen and oxygen atoms in total. The summed E-state index contributed by atoms with van der Waals surface area (Å²) in [5.41, 5.74) is 2.61. The van der Waals surface area contributed by atoms with Gasteiger partial charge in [0.25, 0.3) is 5.89 Å². The van der Waals surface area contributed by atoms with Crippen molar-refractivity contribution >= 4 is 39.9 Å². The molecule has 0 spiro atoms. The molecule has 172 valence electrons. The molecule has 3 heterocycles. The van der Waals surface area contributed by atoms with Crippen molar-refractivity contribution in [1.82, 2.24) is 15.5 Å². The molecule has 34 heavy (non-hydrogen) atoms. The highest BCUT2D eigenvalue weighted by Gasteiger charge is 2.35. The minimum atomic E-state index is -0.509. The van der Waals surface area contributed by atoms with E-state index in [1.165, 1.54) is 30.6 Å². The second-order valence-electron chi connectivity index (χ2n) is 7.53. The lowest BCUT2D eigenvalue weighted by molar-refractivity contribution is 0.372. The Morgan fingerprint density at radius 2 is 2.06 bits per heavy atom. The number of thiocarbonyl (C=S) groups is 1. The minimum Gasteiger partial charge on any atom is -0.504 e. The summed E-state index contributed by atoms with van der Waals surface area (Å²) >= 11 is 7.17. The molecule has 0 fully saturated rings. The Balaban J connectivity index is 1.67. The fraction of sp³-hybridized carbons (Fsp3) is 0.125. The zero-order chi connectivity index (χ0) is 23.8. The summed E-state index contributed by atoms with van der Waals surface area (Å²) in [4.78, 5) is 7.23.